The number of carbonyl (C=O) groups is 1. The van der Waals surface area contributed by atoms with Crippen molar-refractivity contribution in [3.05, 3.63) is 45.7 Å². The van der Waals surface area contributed by atoms with Gasteiger partial charge in [0.15, 0.2) is 0 Å². The predicted molar refractivity (Wildman–Crippen MR) is 72.2 cm³/mol. The maximum atomic E-state index is 11.6. The molecular formula is C12H10BrClN2O2. The van der Waals surface area contributed by atoms with Gasteiger partial charge in [0.25, 0.3) is 0 Å². The van der Waals surface area contributed by atoms with Crippen LogP contribution in [0.5, 0.6) is 0 Å². The second-order valence-electron chi connectivity index (χ2n) is 3.46. The number of benzene rings is 1. The summed E-state index contributed by atoms with van der Waals surface area (Å²) in [7, 11) is 0. The molecule has 0 unspecified atom stereocenters. The zero-order chi connectivity index (χ0) is 13.1. The van der Waals surface area contributed by atoms with Gasteiger partial charge in [-0.05, 0) is 47.1 Å². The average Bonchev–Trinajstić information content (AvgIpc) is 2.73. The van der Waals surface area contributed by atoms with Crippen molar-refractivity contribution >= 4 is 33.5 Å². The summed E-state index contributed by atoms with van der Waals surface area (Å²) in [5.74, 6) is -0.399. The van der Waals surface area contributed by atoms with E-state index in [1.54, 1.807) is 23.7 Å². The molecule has 0 radical (unpaired) electrons. The maximum absolute atomic E-state index is 11.6. The molecule has 1 aromatic heterocycles. The standard InChI is InChI=1S/C12H10BrClN2O2/c1-2-18-12(17)10-7-15-16(11(10)13)9-5-3-8(14)4-6-9/h3-7H,2H2,1H3. The van der Waals surface area contributed by atoms with Gasteiger partial charge in [-0.1, -0.05) is 11.6 Å². The molecule has 4 nitrogen and oxygen atoms in total. The summed E-state index contributed by atoms with van der Waals surface area (Å²) in [6.45, 7) is 2.09. The van der Waals surface area contributed by atoms with Crippen LogP contribution >= 0.6 is 27.5 Å². The van der Waals surface area contributed by atoms with Crippen molar-refractivity contribution < 1.29 is 9.53 Å². The van der Waals surface area contributed by atoms with Gasteiger partial charge >= 0.3 is 5.97 Å². The van der Waals surface area contributed by atoms with Gasteiger partial charge in [-0.3, -0.25) is 0 Å². The Hall–Kier alpha value is -1.33. The molecule has 1 heterocycles. The Balaban J connectivity index is 2.36. The van der Waals surface area contributed by atoms with Gasteiger partial charge in [0.05, 0.1) is 18.5 Å². The summed E-state index contributed by atoms with van der Waals surface area (Å²) < 4.78 is 7.09. The molecule has 0 atom stereocenters. The highest BCUT2D eigenvalue weighted by atomic mass is 79.9. The van der Waals surface area contributed by atoms with E-state index in [0.29, 0.717) is 21.8 Å². The number of aromatic nitrogens is 2. The van der Waals surface area contributed by atoms with Crippen molar-refractivity contribution in [2.45, 2.75) is 6.92 Å². The quantitative estimate of drug-likeness (QED) is 0.810. The normalized spacial score (nSPS) is 10.4. The monoisotopic (exact) mass is 328 g/mol. The molecule has 2 rings (SSSR count). The van der Waals surface area contributed by atoms with Gasteiger partial charge in [-0.25, -0.2) is 9.48 Å². The van der Waals surface area contributed by atoms with E-state index in [1.807, 2.05) is 12.1 Å². The third-order valence-corrected chi connectivity index (χ3v) is 3.29. The number of esters is 1. The molecule has 0 amide bonds. The number of hydrogen-bond donors (Lipinski definition) is 0. The first-order valence-electron chi connectivity index (χ1n) is 5.30. The van der Waals surface area contributed by atoms with E-state index in [9.17, 15) is 4.79 Å². The molecule has 18 heavy (non-hydrogen) atoms. The third kappa shape index (κ3) is 2.57. The number of halogens is 2. The molecule has 6 heteroatoms. The van der Waals surface area contributed by atoms with Crippen molar-refractivity contribution in [3.8, 4) is 5.69 Å². The van der Waals surface area contributed by atoms with Crippen molar-refractivity contribution in [1.29, 1.82) is 0 Å². The zero-order valence-corrected chi connectivity index (χ0v) is 11.9. The Morgan fingerprint density at radius 2 is 2.11 bits per heavy atom. The topological polar surface area (TPSA) is 44.1 Å². The fourth-order valence-electron chi connectivity index (χ4n) is 1.44. The molecule has 0 saturated carbocycles. The van der Waals surface area contributed by atoms with Gasteiger partial charge in [-0.2, -0.15) is 5.10 Å². The lowest BCUT2D eigenvalue weighted by Crippen LogP contribution is -2.05. The number of ether oxygens (including phenoxy) is 1. The summed E-state index contributed by atoms with van der Waals surface area (Å²) in [5, 5.41) is 4.79. The second-order valence-corrected chi connectivity index (χ2v) is 4.65. The second kappa shape index (κ2) is 5.54. The van der Waals surface area contributed by atoms with Crippen LogP contribution in [0.3, 0.4) is 0 Å². The molecule has 0 aliphatic heterocycles. The summed E-state index contributed by atoms with van der Waals surface area (Å²) in [5.41, 5.74) is 1.20. The highest BCUT2D eigenvalue weighted by Crippen LogP contribution is 2.22. The number of hydrogen-bond acceptors (Lipinski definition) is 3. The molecule has 94 valence electrons. The summed E-state index contributed by atoms with van der Waals surface area (Å²) in [6.07, 6.45) is 1.47. The molecule has 0 N–H and O–H groups in total. The average molecular weight is 330 g/mol. The molecule has 0 spiro atoms. The van der Waals surface area contributed by atoms with Crippen LogP contribution in [0.15, 0.2) is 35.1 Å². The number of carbonyl (C=O) groups excluding carboxylic acids is 1. The Morgan fingerprint density at radius 3 is 2.72 bits per heavy atom. The van der Waals surface area contributed by atoms with Crippen molar-refractivity contribution in [1.82, 2.24) is 9.78 Å². The lowest BCUT2D eigenvalue weighted by molar-refractivity contribution is 0.0525. The SMILES string of the molecule is CCOC(=O)c1cnn(-c2ccc(Cl)cc2)c1Br. The van der Waals surface area contributed by atoms with Gasteiger partial charge in [0.2, 0.25) is 0 Å². The van der Waals surface area contributed by atoms with Crippen molar-refractivity contribution in [3.63, 3.8) is 0 Å². The largest absolute Gasteiger partial charge is 0.462 e. The van der Waals surface area contributed by atoms with Crippen LogP contribution in [0.1, 0.15) is 17.3 Å². The van der Waals surface area contributed by atoms with E-state index < -0.39 is 5.97 Å². The summed E-state index contributed by atoms with van der Waals surface area (Å²) >= 11 is 9.16. The van der Waals surface area contributed by atoms with Gasteiger partial charge in [-0.15, -0.1) is 0 Å². The lowest BCUT2D eigenvalue weighted by atomic mass is 10.3. The van der Waals surface area contributed by atoms with Crippen molar-refractivity contribution in [2.24, 2.45) is 0 Å². The maximum Gasteiger partial charge on any atom is 0.342 e. The Morgan fingerprint density at radius 1 is 1.44 bits per heavy atom. The minimum absolute atomic E-state index is 0.331. The van der Waals surface area contributed by atoms with Crippen LogP contribution in [0.4, 0.5) is 0 Å². The third-order valence-electron chi connectivity index (χ3n) is 2.28. The minimum Gasteiger partial charge on any atom is -0.462 e. The Kier molecular flexibility index (Phi) is 4.04. The summed E-state index contributed by atoms with van der Waals surface area (Å²) in [4.78, 5) is 11.6. The number of nitrogens with zero attached hydrogens (tertiary/aromatic N) is 2. The van der Waals surface area contributed by atoms with E-state index in [1.165, 1.54) is 6.20 Å². The Bertz CT molecular complexity index is 566. The summed E-state index contributed by atoms with van der Waals surface area (Å²) in [6, 6.07) is 7.15. The van der Waals surface area contributed by atoms with Crippen LogP contribution in [0.2, 0.25) is 5.02 Å². The van der Waals surface area contributed by atoms with Gasteiger partial charge in [0.1, 0.15) is 10.2 Å². The molecule has 0 aliphatic carbocycles. The van der Waals surface area contributed by atoms with Crippen molar-refractivity contribution in [2.75, 3.05) is 6.61 Å². The molecule has 1 aromatic carbocycles. The molecule has 0 saturated heterocycles. The smallest absolute Gasteiger partial charge is 0.342 e. The fourth-order valence-corrected chi connectivity index (χ4v) is 2.13. The van der Waals surface area contributed by atoms with E-state index >= 15 is 0 Å². The highest BCUT2D eigenvalue weighted by molar-refractivity contribution is 9.10. The first-order valence-corrected chi connectivity index (χ1v) is 6.47. The highest BCUT2D eigenvalue weighted by Gasteiger charge is 2.17. The first kappa shape index (κ1) is 13.1. The lowest BCUT2D eigenvalue weighted by Gasteiger charge is -2.04. The van der Waals surface area contributed by atoms with Crippen LogP contribution < -0.4 is 0 Å². The van der Waals surface area contributed by atoms with Crippen LogP contribution in [0, 0.1) is 0 Å². The van der Waals surface area contributed by atoms with Gasteiger partial charge in [0, 0.05) is 5.02 Å². The van der Waals surface area contributed by atoms with Crippen LogP contribution in [-0.2, 0) is 4.74 Å². The zero-order valence-electron chi connectivity index (χ0n) is 9.56. The molecule has 0 bridgehead atoms. The minimum atomic E-state index is -0.399. The molecule has 0 fully saturated rings. The first-order chi connectivity index (χ1) is 8.63. The predicted octanol–water partition coefficient (Wildman–Crippen LogP) is 3.46. The fraction of sp³-hybridized carbons (Fsp3) is 0.167. The Labute approximate surface area is 118 Å². The van der Waals surface area contributed by atoms with Crippen LogP contribution in [0.25, 0.3) is 5.69 Å². The van der Waals surface area contributed by atoms with Gasteiger partial charge < -0.3 is 4.74 Å². The van der Waals surface area contributed by atoms with E-state index in [2.05, 4.69) is 21.0 Å². The van der Waals surface area contributed by atoms with E-state index in [-0.39, 0.29) is 0 Å². The van der Waals surface area contributed by atoms with E-state index in [0.717, 1.165) is 5.69 Å². The molecule has 0 aliphatic rings. The van der Waals surface area contributed by atoms with Crippen LogP contribution in [-0.4, -0.2) is 22.4 Å². The number of rotatable bonds is 3. The molecular weight excluding hydrogens is 320 g/mol. The van der Waals surface area contributed by atoms with E-state index in [4.69, 9.17) is 16.3 Å². The molecule has 2 aromatic rings.